The number of aromatic nitrogens is 4. The van der Waals surface area contributed by atoms with Gasteiger partial charge in [-0.05, 0) is 25.0 Å². The molecule has 29 heavy (non-hydrogen) atoms. The van der Waals surface area contributed by atoms with Crippen LogP contribution >= 0.6 is 0 Å². The Bertz CT molecular complexity index is 1090. The summed E-state index contributed by atoms with van der Waals surface area (Å²) in [6.07, 6.45) is 4.70. The number of rotatable bonds is 4. The van der Waals surface area contributed by atoms with Crippen molar-refractivity contribution in [2.24, 2.45) is 0 Å². The Hall–Kier alpha value is -3.68. The first-order valence-corrected chi connectivity index (χ1v) is 9.54. The lowest BCUT2D eigenvalue weighted by atomic mass is 9.96. The SMILES string of the molecule is O=C(c1cc(-c2ccccc2)n[nH]1)N1CCC(c2nnc(-c3ccoc3)o2)CC1. The van der Waals surface area contributed by atoms with Crippen molar-refractivity contribution < 1.29 is 13.6 Å². The molecule has 4 aromatic rings. The molecular weight excluding hydrogens is 370 g/mol. The topological polar surface area (TPSA) is 101 Å². The molecule has 1 N–H and O–H groups in total. The van der Waals surface area contributed by atoms with Crippen LogP contribution in [0.25, 0.3) is 22.7 Å². The number of nitrogens with one attached hydrogen (secondary N) is 1. The summed E-state index contributed by atoms with van der Waals surface area (Å²) in [5, 5.41) is 15.4. The van der Waals surface area contributed by atoms with Crippen LogP contribution in [0.1, 0.15) is 35.1 Å². The second-order valence-electron chi connectivity index (χ2n) is 7.06. The van der Waals surface area contributed by atoms with Crippen LogP contribution in [0.4, 0.5) is 0 Å². The number of hydrogen-bond acceptors (Lipinski definition) is 6. The van der Waals surface area contributed by atoms with Crippen molar-refractivity contribution >= 4 is 5.91 Å². The van der Waals surface area contributed by atoms with Crippen LogP contribution in [0.3, 0.4) is 0 Å². The maximum absolute atomic E-state index is 12.8. The number of carbonyl (C=O) groups excluding carboxylic acids is 1. The number of nitrogens with zero attached hydrogens (tertiary/aromatic N) is 4. The van der Waals surface area contributed by atoms with E-state index < -0.39 is 0 Å². The quantitative estimate of drug-likeness (QED) is 0.571. The summed E-state index contributed by atoms with van der Waals surface area (Å²) in [5.74, 6) is 1.18. The molecule has 1 fully saturated rings. The van der Waals surface area contributed by atoms with Gasteiger partial charge in [-0.1, -0.05) is 30.3 Å². The fraction of sp³-hybridized carbons (Fsp3) is 0.238. The number of benzene rings is 1. The molecule has 0 bridgehead atoms. The third kappa shape index (κ3) is 3.44. The van der Waals surface area contributed by atoms with Crippen molar-refractivity contribution in [2.75, 3.05) is 13.1 Å². The lowest BCUT2D eigenvalue weighted by Gasteiger charge is -2.30. The largest absolute Gasteiger partial charge is 0.472 e. The van der Waals surface area contributed by atoms with Gasteiger partial charge in [-0.15, -0.1) is 10.2 Å². The predicted octanol–water partition coefficient (Wildman–Crippen LogP) is 3.74. The monoisotopic (exact) mass is 389 g/mol. The van der Waals surface area contributed by atoms with E-state index in [1.54, 1.807) is 24.7 Å². The van der Waals surface area contributed by atoms with Gasteiger partial charge in [0.25, 0.3) is 11.8 Å². The van der Waals surface area contributed by atoms with Crippen LogP contribution in [0.2, 0.25) is 0 Å². The van der Waals surface area contributed by atoms with Crippen LogP contribution in [0.5, 0.6) is 0 Å². The summed E-state index contributed by atoms with van der Waals surface area (Å²) in [4.78, 5) is 14.7. The zero-order valence-electron chi connectivity index (χ0n) is 15.6. The highest BCUT2D eigenvalue weighted by molar-refractivity contribution is 5.93. The van der Waals surface area contributed by atoms with Crippen LogP contribution in [0, 0.1) is 0 Å². The number of H-pyrrole nitrogens is 1. The highest BCUT2D eigenvalue weighted by atomic mass is 16.4. The molecule has 1 aliphatic heterocycles. The van der Waals surface area contributed by atoms with Gasteiger partial charge in [-0.2, -0.15) is 5.10 Å². The Morgan fingerprint density at radius 3 is 2.66 bits per heavy atom. The molecule has 0 atom stereocenters. The molecule has 0 radical (unpaired) electrons. The molecule has 146 valence electrons. The molecule has 8 nitrogen and oxygen atoms in total. The normalized spacial score (nSPS) is 15.0. The van der Waals surface area contributed by atoms with Gasteiger partial charge in [-0.3, -0.25) is 9.89 Å². The summed E-state index contributed by atoms with van der Waals surface area (Å²) < 4.78 is 10.9. The van der Waals surface area contributed by atoms with Gasteiger partial charge in [0.2, 0.25) is 5.89 Å². The van der Waals surface area contributed by atoms with Gasteiger partial charge in [0.15, 0.2) is 0 Å². The molecular formula is C21H19N5O3. The molecule has 0 spiro atoms. The number of hydrogen-bond donors (Lipinski definition) is 1. The van der Waals surface area contributed by atoms with Crippen molar-refractivity contribution in [2.45, 2.75) is 18.8 Å². The number of amides is 1. The molecule has 1 saturated heterocycles. The maximum Gasteiger partial charge on any atom is 0.271 e. The van der Waals surface area contributed by atoms with Crippen molar-refractivity contribution in [3.63, 3.8) is 0 Å². The highest BCUT2D eigenvalue weighted by Crippen LogP contribution is 2.30. The number of piperidine rings is 1. The summed E-state index contributed by atoms with van der Waals surface area (Å²) in [7, 11) is 0. The second-order valence-corrected chi connectivity index (χ2v) is 7.06. The van der Waals surface area contributed by atoms with Gasteiger partial charge in [0, 0.05) is 24.6 Å². The van der Waals surface area contributed by atoms with Crippen molar-refractivity contribution in [3.8, 4) is 22.7 Å². The smallest absolute Gasteiger partial charge is 0.271 e. The number of carbonyl (C=O) groups is 1. The Kier molecular flexibility index (Phi) is 4.44. The van der Waals surface area contributed by atoms with Gasteiger partial charge in [0.05, 0.1) is 17.5 Å². The highest BCUT2D eigenvalue weighted by Gasteiger charge is 2.29. The standard InChI is InChI=1S/C21H19N5O3/c27-21(18-12-17(22-23-18)14-4-2-1-3-5-14)26-9-6-15(7-10-26)19-24-25-20(29-19)16-8-11-28-13-16/h1-5,8,11-13,15H,6-7,9-10H2,(H,22,23). The second kappa shape index (κ2) is 7.38. The van der Waals surface area contributed by atoms with Crippen LogP contribution < -0.4 is 0 Å². The minimum Gasteiger partial charge on any atom is -0.472 e. The van der Waals surface area contributed by atoms with E-state index in [-0.39, 0.29) is 11.8 Å². The number of likely N-dealkylation sites (tertiary alicyclic amines) is 1. The number of furan rings is 1. The first-order chi connectivity index (χ1) is 14.3. The van der Waals surface area contributed by atoms with E-state index in [9.17, 15) is 4.79 Å². The van der Waals surface area contributed by atoms with Gasteiger partial charge in [-0.25, -0.2) is 0 Å². The molecule has 1 aromatic carbocycles. The lowest BCUT2D eigenvalue weighted by molar-refractivity contribution is 0.0700. The minimum absolute atomic E-state index is 0.0391. The molecule has 8 heteroatoms. The fourth-order valence-electron chi connectivity index (χ4n) is 3.59. The van der Waals surface area contributed by atoms with Gasteiger partial charge in [0.1, 0.15) is 12.0 Å². The van der Waals surface area contributed by atoms with Crippen LogP contribution in [0.15, 0.2) is 63.8 Å². The van der Waals surface area contributed by atoms with Crippen molar-refractivity contribution in [1.82, 2.24) is 25.3 Å². The molecule has 4 heterocycles. The Morgan fingerprint density at radius 1 is 1.07 bits per heavy atom. The molecule has 0 unspecified atom stereocenters. The molecule has 0 aliphatic carbocycles. The summed E-state index contributed by atoms with van der Waals surface area (Å²) in [5.41, 5.74) is 3.01. The Labute approximate surface area is 166 Å². The molecule has 1 amide bonds. The predicted molar refractivity (Wildman–Crippen MR) is 104 cm³/mol. The summed E-state index contributed by atoms with van der Waals surface area (Å²) >= 11 is 0. The van der Waals surface area contributed by atoms with E-state index in [1.807, 2.05) is 35.2 Å². The summed E-state index contributed by atoms with van der Waals surface area (Å²) in [6.45, 7) is 1.26. The zero-order valence-corrected chi connectivity index (χ0v) is 15.6. The molecule has 5 rings (SSSR count). The van der Waals surface area contributed by atoms with Crippen LogP contribution in [-0.2, 0) is 0 Å². The van der Waals surface area contributed by atoms with Gasteiger partial charge >= 0.3 is 0 Å². The summed E-state index contributed by atoms with van der Waals surface area (Å²) in [6, 6.07) is 13.4. The first-order valence-electron chi connectivity index (χ1n) is 9.54. The van der Waals surface area contributed by atoms with E-state index in [0.29, 0.717) is 30.6 Å². The average molecular weight is 389 g/mol. The fourth-order valence-corrected chi connectivity index (χ4v) is 3.59. The molecule has 3 aromatic heterocycles. The third-order valence-electron chi connectivity index (χ3n) is 5.22. The Balaban J connectivity index is 1.23. The Morgan fingerprint density at radius 2 is 1.90 bits per heavy atom. The van der Waals surface area contributed by atoms with Gasteiger partial charge < -0.3 is 13.7 Å². The van der Waals surface area contributed by atoms with E-state index in [4.69, 9.17) is 8.83 Å². The van der Waals surface area contributed by atoms with Crippen molar-refractivity contribution in [3.05, 3.63) is 66.6 Å². The number of aromatic amines is 1. The van der Waals surface area contributed by atoms with E-state index in [1.165, 1.54) is 0 Å². The molecule has 1 aliphatic rings. The van der Waals surface area contributed by atoms with Crippen LogP contribution in [-0.4, -0.2) is 44.3 Å². The van der Waals surface area contributed by atoms with Crippen molar-refractivity contribution in [1.29, 1.82) is 0 Å². The zero-order chi connectivity index (χ0) is 19.6. The average Bonchev–Trinajstić information content (AvgIpc) is 3.55. The van der Waals surface area contributed by atoms with E-state index in [2.05, 4.69) is 20.4 Å². The minimum atomic E-state index is -0.0391. The molecule has 0 saturated carbocycles. The maximum atomic E-state index is 12.8. The first kappa shape index (κ1) is 17.4. The van der Waals surface area contributed by atoms with E-state index >= 15 is 0 Å². The lowest BCUT2D eigenvalue weighted by Crippen LogP contribution is -2.38. The third-order valence-corrected chi connectivity index (χ3v) is 5.22. The van der Waals surface area contributed by atoms with E-state index in [0.717, 1.165) is 29.7 Å².